The smallest absolute Gasteiger partial charge is 0.416 e. The van der Waals surface area contributed by atoms with Gasteiger partial charge in [-0.1, -0.05) is 52.3 Å². The van der Waals surface area contributed by atoms with Crippen LogP contribution in [-0.4, -0.2) is 37.2 Å². The summed E-state index contributed by atoms with van der Waals surface area (Å²) in [5.74, 6) is -1.44. The topological polar surface area (TPSA) is 86.8 Å². The number of H-pyrrole nitrogens is 1. The molecule has 1 aromatic heterocycles. The first kappa shape index (κ1) is 29.6. The van der Waals surface area contributed by atoms with Crippen LogP contribution in [0.2, 0.25) is 0 Å². The van der Waals surface area contributed by atoms with Crippen molar-refractivity contribution < 1.29 is 27.5 Å². The van der Waals surface area contributed by atoms with Crippen molar-refractivity contribution in [2.75, 3.05) is 19.0 Å². The van der Waals surface area contributed by atoms with Gasteiger partial charge in [0.05, 0.1) is 17.3 Å². The summed E-state index contributed by atoms with van der Waals surface area (Å²) < 4.78 is 45.4. The summed E-state index contributed by atoms with van der Waals surface area (Å²) in [5.41, 5.74) is 5.19. The van der Waals surface area contributed by atoms with Crippen molar-refractivity contribution in [3.05, 3.63) is 118 Å². The Labute approximate surface area is 253 Å². The van der Waals surface area contributed by atoms with Crippen LogP contribution in [0.1, 0.15) is 32.0 Å². The molecule has 0 saturated carbocycles. The fraction of sp³-hybridized carbons (Fsp3) is 0.0938. The average Bonchev–Trinajstić information content (AvgIpc) is 3.37. The lowest BCUT2D eigenvalue weighted by Gasteiger charge is -2.12. The van der Waals surface area contributed by atoms with Gasteiger partial charge in [-0.15, -0.1) is 0 Å². The van der Waals surface area contributed by atoms with E-state index in [1.165, 1.54) is 18.3 Å². The lowest BCUT2D eigenvalue weighted by atomic mass is 10.0. The maximum Gasteiger partial charge on any atom is 0.416 e. The van der Waals surface area contributed by atoms with Gasteiger partial charge in [0.25, 0.3) is 5.91 Å². The highest BCUT2D eigenvalue weighted by Crippen LogP contribution is 2.35. The van der Waals surface area contributed by atoms with Crippen LogP contribution in [0, 0.1) is 0 Å². The van der Waals surface area contributed by atoms with E-state index in [0.29, 0.717) is 21.3 Å². The van der Waals surface area contributed by atoms with Gasteiger partial charge in [-0.25, -0.2) is 10.2 Å². The minimum Gasteiger partial charge on any atom is -0.422 e. The van der Waals surface area contributed by atoms with E-state index in [1.54, 1.807) is 12.1 Å². The molecule has 0 bridgehead atoms. The summed E-state index contributed by atoms with van der Waals surface area (Å²) in [7, 11) is 3.87. The zero-order valence-corrected chi connectivity index (χ0v) is 24.5. The van der Waals surface area contributed by atoms with Gasteiger partial charge in [0.15, 0.2) is 0 Å². The van der Waals surface area contributed by atoms with Gasteiger partial charge in [0.2, 0.25) is 0 Å². The molecule has 0 aliphatic carbocycles. The standard InChI is InChI=1S/C32H24BrF3N4O3/c1-40(2)24-12-13-26-25(17-24)28(19-7-4-3-5-8-19)29(38-26)30(41)39-37-18-21-16-23(33)11-14-27(21)43-31(42)20-9-6-10-22(15-20)32(34,35)36/h3-18,38H,1-2H3,(H,39,41). The summed E-state index contributed by atoms with van der Waals surface area (Å²) in [6.45, 7) is 0. The van der Waals surface area contributed by atoms with Crippen molar-refractivity contribution in [1.29, 1.82) is 0 Å². The third kappa shape index (κ3) is 6.62. The highest BCUT2D eigenvalue weighted by atomic mass is 79.9. The van der Waals surface area contributed by atoms with E-state index >= 15 is 0 Å². The molecule has 0 atom stereocenters. The van der Waals surface area contributed by atoms with Crippen molar-refractivity contribution in [3.8, 4) is 16.9 Å². The first-order valence-corrected chi connectivity index (χ1v) is 13.7. The Morgan fingerprint density at radius 1 is 0.953 bits per heavy atom. The zero-order chi connectivity index (χ0) is 30.7. The molecule has 5 rings (SSSR count). The third-order valence-electron chi connectivity index (χ3n) is 6.56. The predicted octanol–water partition coefficient (Wildman–Crippen LogP) is 7.67. The minimum atomic E-state index is -4.61. The normalized spacial score (nSPS) is 11.6. The Kier molecular flexibility index (Phi) is 8.36. The van der Waals surface area contributed by atoms with Crippen LogP contribution in [0.15, 0.2) is 101 Å². The number of ether oxygens (including phenoxy) is 1. The zero-order valence-electron chi connectivity index (χ0n) is 22.9. The molecular weight excluding hydrogens is 625 g/mol. The number of carbonyl (C=O) groups excluding carboxylic acids is 2. The summed E-state index contributed by atoms with van der Waals surface area (Å²) in [6.07, 6.45) is -3.32. The molecule has 4 aromatic carbocycles. The van der Waals surface area contributed by atoms with Crippen LogP contribution in [0.5, 0.6) is 5.75 Å². The molecule has 43 heavy (non-hydrogen) atoms. The summed E-state index contributed by atoms with van der Waals surface area (Å²) >= 11 is 3.34. The summed E-state index contributed by atoms with van der Waals surface area (Å²) in [4.78, 5) is 31.3. The molecule has 7 nitrogen and oxygen atoms in total. The van der Waals surface area contributed by atoms with Crippen LogP contribution < -0.4 is 15.1 Å². The van der Waals surface area contributed by atoms with Gasteiger partial charge < -0.3 is 14.6 Å². The first-order chi connectivity index (χ1) is 20.5. The monoisotopic (exact) mass is 648 g/mol. The van der Waals surface area contributed by atoms with Crippen molar-refractivity contribution in [2.45, 2.75) is 6.18 Å². The van der Waals surface area contributed by atoms with E-state index in [2.05, 4.69) is 31.4 Å². The number of carbonyl (C=O) groups is 2. The van der Waals surface area contributed by atoms with E-state index in [0.717, 1.165) is 40.4 Å². The number of nitrogens with zero attached hydrogens (tertiary/aromatic N) is 2. The number of amides is 1. The average molecular weight is 649 g/mol. The fourth-order valence-electron chi connectivity index (χ4n) is 4.44. The number of anilines is 1. The number of hydrogen-bond donors (Lipinski definition) is 2. The number of aromatic amines is 1. The Morgan fingerprint density at radius 3 is 2.44 bits per heavy atom. The molecule has 218 valence electrons. The van der Waals surface area contributed by atoms with E-state index in [9.17, 15) is 22.8 Å². The number of nitrogens with one attached hydrogen (secondary N) is 2. The number of benzene rings is 4. The molecule has 0 aliphatic rings. The lowest BCUT2D eigenvalue weighted by Crippen LogP contribution is -2.19. The maximum atomic E-state index is 13.4. The van der Waals surface area contributed by atoms with Gasteiger partial charge >= 0.3 is 12.1 Å². The van der Waals surface area contributed by atoms with Crippen LogP contribution in [-0.2, 0) is 6.18 Å². The number of fused-ring (bicyclic) bond motifs is 1. The molecule has 11 heteroatoms. The van der Waals surface area contributed by atoms with E-state index in [4.69, 9.17) is 4.74 Å². The van der Waals surface area contributed by atoms with Crippen LogP contribution >= 0.6 is 15.9 Å². The van der Waals surface area contributed by atoms with Gasteiger partial charge in [-0.3, -0.25) is 4.79 Å². The van der Waals surface area contributed by atoms with Gasteiger partial charge in [-0.2, -0.15) is 18.3 Å². The second-order valence-electron chi connectivity index (χ2n) is 9.71. The highest BCUT2D eigenvalue weighted by Gasteiger charge is 2.31. The highest BCUT2D eigenvalue weighted by molar-refractivity contribution is 9.10. The Morgan fingerprint density at radius 2 is 1.72 bits per heavy atom. The first-order valence-electron chi connectivity index (χ1n) is 12.9. The van der Waals surface area contributed by atoms with Crippen LogP contribution in [0.25, 0.3) is 22.0 Å². The van der Waals surface area contributed by atoms with Crippen molar-refractivity contribution in [1.82, 2.24) is 10.4 Å². The molecule has 1 heterocycles. The Balaban J connectivity index is 1.41. The molecule has 5 aromatic rings. The number of hydrogen-bond acceptors (Lipinski definition) is 5. The second-order valence-corrected chi connectivity index (χ2v) is 10.6. The number of alkyl halides is 3. The van der Waals surface area contributed by atoms with Crippen molar-refractivity contribution >= 4 is 50.6 Å². The SMILES string of the molecule is CN(C)c1ccc2[nH]c(C(=O)NN=Cc3cc(Br)ccc3OC(=O)c3cccc(C(F)(F)F)c3)c(-c3ccccc3)c2c1. The molecule has 0 saturated heterocycles. The molecular formula is C32H24BrF3N4O3. The fourth-order valence-corrected chi connectivity index (χ4v) is 4.82. The molecule has 0 spiro atoms. The molecule has 1 amide bonds. The number of rotatable bonds is 7. The van der Waals surface area contributed by atoms with E-state index in [-0.39, 0.29) is 11.3 Å². The van der Waals surface area contributed by atoms with E-state index < -0.39 is 23.6 Å². The Bertz CT molecular complexity index is 1850. The van der Waals surface area contributed by atoms with Gasteiger partial charge in [-0.05, 0) is 60.2 Å². The van der Waals surface area contributed by atoms with Crippen molar-refractivity contribution in [2.24, 2.45) is 5.10 Å². The predicted molar refractivity (Wildman–Crippen MR) is 164 cm³/mol. The van der Waals surface area contributed by atoms with Crippen molar-refractivity contribution in [3.63, 3.8) is 0 Å². The third-order valence-corrected chi connectivity index (χ3v) is 7.05. The van der Waals surface area contributed by atoms with Gasteiger partial charge in [0, 0.05) is 46.3 Å². The van der Waals surface area contributed by atoms with Crippen LogP contribution in [0.4, 0.5) is 18.9 Å². The molecule has 2 N–H and O–H groups in total. The molecule has 0 radical (unpaired) electrons. The number of hydrazone groups is 1. The quantitative estimate of drug-likeness (QED) is 0.0821. The lowest BCUT2D eigenvalue weighted by molar-refractivity contribution is -0.137. The molecule has 0 aliphatic heterocycles. The Hall–Kier alpha value is -4.90. The summed E-state index contributed by atoms with van der Waals surface area (Å²) in [6, 6.07) is 24.0. The van der Waals surface area contributed by atoms with E-state index in [1.807, 2.05) is 67.5 Å². The van der Waals surface area contributed by atoms with Crippen LogP contribution in [0.3, 0.4) is 0 Å². The number of aromatic nitrogens is 1. The summed E-state index contributed by atoms with van der Waals surface area (Å²) in [5, 5.41) is 4.95. The maximum absolute atomic E-state index is 13.4. The number of halogens is 4. The molecule has 0 unspecified atom stereocenters. The second kappa shape index (κ2) is 12.1. The van der Waals surface area contributed by atoms with Gasteiger partial charge in [0.1, 0.15) is 11.4 Å². The molecule has 0 fully saturated rings. The minimum absolute atomic E-state index is 0.0374. The number of esters is 1. The largest absolute Gasteiger partial charge is 0.422 e.